The quantitative estimate of drug-likeness (QED) is 0.246. The second kappa shape index (κ2) is 11.1. The Morgan fingerprint density at radius 2 is 1.93 bits per heavy atom. The number of hydrogen-bond acceptors (Lipinski definition) is 9. The Morgan fingerprint density at radius 3 is 2.67 bits per heavy atom. The van der Waals surface area contributed by atoms with Crippen molar-refractivity contribution in [1.82, 2.24) is 29.7 Å². The molecule has 3 N–H and O–H groups in total. The topological polar surface area (TPSA) is 112 Å². The highest BCUT2D eigenvalue weighted by molar-refractivity contribution is 5.92. The van der Waals surface area contributed by atoms with Crippen molar-refractivity contribution in [2.75, 3.05) is 50.8 Å². The Hall–Kier alpha value is -3.98. The molecule has 10 nitrogen and oxygen atoms in total. The van der Waals surface area contributed by atoms with Crippen LogP contribution in [0.3, 0.4) is 0 Å². The number of aliphatic hydroxyl groups excluding tert-OH is 1. The molecule has 8 rings (SSSR count). The predicted octanol–water partition coefficient (Wildman–Crippen LogP) is 3.27. The Morgan fingerprint density at radius 1 is 1.11 bits per heavy atom. The molecular formula is C34H38FN7O3. The molecule has 5 heterocycles. The lowest BCUT2D eigenvalue weighted by Gasteiger charge is -2.33. The molecule has 0 amide bonds. The van der Waals surface area contributed by atoms with E-state index < -0.39 is 5.82 Å². The molecule has 45 heavy (non-hydrogen) atoms. The highest BCUT2D eigenvalue weighted by Gasteiger charge is 2.46. The first-order valence-corrected chi connectivity index (χ1v) is 16.0. The second-order valence-corrected chi connectivity index (χ2v) is 13.5. The molecule has 4 fully saturated rings. The van der Waals surface area contributed by atoms with E-state index in [1.807, 2.05) is 4.57 Å². The summed E-state index contributed by atoms with van der Waals surface area (Å²) in [7, 11) is 0. The van der Waals surface area contributed by atoms with Crippen LogP contribution in [0.2, 0.25) is 0 Å². The largest absolute Gasteiger partial charge is 0.508 e. The van der Waals surface area contributed by atoms with Crippen LogP contribution in [0, 0.1) is 29.5 Å². The van der Waals surface area contributed by atoms with E-state index in [0.717, 1.165) is 64.8 Å². The minimum absolute atomic E-state index is 0.0742. The van der Waals surface area contributed by atoms with Crippen molar-refractivity contribution >= 4 is 27.9 Å². The van der Waals surface area contributed by atoms with Gasteiger partial charge < -0.3 is 34.6 Å². The number of hydrogen-bond donors (Lipinski definition) is 3. The number of terminal acetylenes is 1. The van der Waals surface area contributed by atoms with Gasteiger partial charge in [-0.25, -0.2) is 9.37 Å². The zero-order chi connectivity index (χ0) is 30.7. The van der Waals surface area contributed by atoms with Gasteiger partial charge in [0, 0.05) is 55.7 Å². The number of nitrogens with zero attached hydrogens (tertiary/aromatic N) is 6. The molecule has 1 saturated carbocycles. The molecule has 2 aromatic carbocycles. The number of nitrogens with one attached hydrogen (secondary N) is 1. The third-order valence-electron chi connectivity index (χ3n) is 10.2. The van der Waals surface area contributed by atoms with Crippen LogP contribution in [0.15, 0.2) is 30.6 Å². The van der Waals surface area contributed by atoms with Crippen molar-refractivity contribution in [3.63, 3.8) is 0 Å². The molecule has 4 aromatic rings. The monoisotopic (exact) mass is 611 g/mol. The number of aromatic nitrogens is 4. The minimum atomic E-state index is -0.476. The Labute approximate surface area is 261 Å². The summed E-state index contributed by atoms with van der Waals surface area (Å²) < 4.78 is 23.2. The van der Waals surface area contributed by atoms with Crippen molar-refractivity contribution in [3.05, 3.63) is 47.5 Å². The summed E-state index contributed by atoms with van der Waals surface area (Å²) in [6, 6.07) is 7.00. The Bertz CT molecular complexity index is 1800. The highest BCUT2D eigenvalue weighted by Crippen LogP contribution is 2.47. The number of imidazole rings is 1. The summed E-state index contributed by atoms with van der Waals surface area (Å²) in [4.78, 5) is 19.4. The number of benzene rings is 2. The van der Waals surface area contributed by atoms with Gasteiger partial charge in [0.15, 0.2) is 11.2 Å². The van der Waals surface area contributed by atoms with Gasteiger partial charge in [0.2, 0.25) is 11.8 Å². The number of aromatic hydroxyl groups is 1. The minimum Gasteiger partial charge on any atom is -0.508 e. The van der Waals surface area contributed by atoms with Crippen LogP contribution in [0.1, 0.15) is 43.2 Å². The van der Waals surface area contributed by atoms with Gasteiger partial charge in [0.05, 0.1) is 25.0 Å². The molecule has 1 aliphatic carbocycles. The lowest BCUT2D eigenvalue weighted by atomic mass is 9.98. The molecule has 3 atom stereocenters. The lowest BCUT2D eigenvalue weighted by molar-refractivity contribution is 0.166. The van der Waals surface area contributed by atoms with Gasteiger partial charge in [-0.15, -0.1) is 6.42 Å². The number of ether oxygens (including phenoxy) is 1. The average molecular weight is 612 g/mol. The van der Waals surface area contributed by atoms with Crippen LogP contribution in [-0.2, 0) is 6.54 Å². The van der Waals surface area contributed by atoms with Crippen LogP contribution in [-0.4, -0.2) is 92.7 Å². The van der Waals surface area contributed by atoms with Crippen molar-refractivity contribution in [2.24, 2.45) is 11.3 Å². The number of piperazine rings is 1. The molecular weight excluding hydrogens is 573 g/mol. The van der Waals surface area contributed by atoms with Gasteiger partial charge >= 0.3 is 0 Å². The molecule has 0 spiro atoms. The van der Waals surface area contributed by atoms with E-state index in [4.69, 9.17) is 26.1 Å². The zero-order valence-electron chi connectivity index (χ0n) is 25.3. The van der Waals surface area contributed by atoms with Crippen LogP contribution in [0.5, 0.6) is 11.6 Å². The van der Waals surface area contributed by atoms with Crippen molar-refractivity contribution in [3.8, 4) is 24.0 Å². The smallest absolute Gasteiger partial charge is 0.247 e. The van der Waals surface area contributed by atoms with E-state index in [-0.39, 0.29) is 29.9 Å². The lowest BCUT2D eigenvalue weighted by Crippen LogP contribution is -2.51. The van der Waals surface area contributed by atoms with E-state index >= 15 is 0 Å². The van der Waals surface area contributed by atoms with Crippen molar-refractivity contribution in [1.29, 1.82) is 0 Å². The average Bonchev–Trinajstić information content (AvgIpc) is 3.30. The van der Waals surface area contributed by atoms with Crippen molar-refractivity contribution < 1.29 is 19.3 Å². The first-order chi connectivity index (χ1) is 21.9. The fourth-order valence-corrected chi connectivity index (χ4v) is 7.61. The van der Waals surface area contributed by atoms with E-state index in [1.54, 1.807) is 24.5 Å². The summed E-state index contributed by atoms with van der Waals surface area (Å²) in [5.74, 6) is 3.55. The number of aliphatic hydroxyl groups is 1. The highest BCUT2D eigenvalue weighted by atomic mass is 19.1. The molecule has 2 aromatic heterocycles. The fourth-order valence-electron chi connectivity index (χ4n) is 7.61. The van der Waals surface area contributed by atoms with E-state index in [1.165, 1.54) is 6.07 Å². The summed E-state index contributed by atoms with van der Waals surface area (Å²) in [5.41, 5.74) is 2.10. The number of halogens is 1. The van der Waals surface area contributed by atoms with Gasteiger partial charge in [0.1, 0.15) is 11.6 Å². The summed E-state index contributed by atoms with van der Waals surface area (Å²) in [6.07, 6.45) is 13.0. The van der Waals surface area contributed by atoms with E-state index in [9.17, 15) is 14.6 Å². The number of rotatable bonds is 9. The van der Waals surface area contributed by atoms with Crippen LogP contribution in [0.4, 0.5) is 10.3 Å². The maximum Gasteiger partial charge on any atom is 0.247 e. The zero-order valence-corrected chi connectivity index (χ0v) is 25.3. The number of likely N-dealkylation sites (tertiary alicyclic amines) is 1. The maximum absolute atomic E-state index is 14.8. The molecule has 0 radical (unpaired) electrons. The van der Waals surface area contributed by atoms with Gasteiger partial charge in [0.25, 0.3) is 0 Å². The molecule has 11 heteroatoms. The molecule has 3 aliphatic heterocycles. The summed E-state index contributed by atoms with van der Waals surface area (Å²) in [6.45, 7) is 5.61. The molecule has 2 bridgehead atoms. The first-order valence-electron chi connectivity index (χ1n) is 16.0. The van der Waals surface area contributed by atoms with Gasteiger partial charge in [-0.3, -0.25) is 0 Å². The number of anilines is 1. The molecule has 234 valence electrons. The van der Waals surface area contributed by atoms with E-state index in [2.05, 4.69) is 21.0 Å². The third-order valence-corrected chi connectivity index (χ3v) is 10.2. The second-order valence-electron chi connectivity index (χ2n) is 13.5. The van der Waals surface area contributed by atoms with Crippen LogP contribution < -0.4 is 15.0 Å². The van der Waals surface area contributed by atoms with Crippen LogP contribution >= 0.6 is 0 Å². The SMILES string of the molecule is C#Cc1c(F)ccc2cc(O)cc(Cn3cnc4c(OCC5(CN6CCC(CO)C6)CC5)nc(N5C[C@H]6CC[C@@H](C5)N6)nc43)c12. The summed E-state index contributed by atoms with van der Waals surface area (Å²) >= 11 is 0. The molecule has 1 unspecified atom stereocenters. The summed E-state index contributed by atoms with van der Waals surface area (Å²) in [5, 5.41) is 25.1. The van der Waals surface area contributed by atoms with Gasteiger partial charge in [-0.05, 0) is 73.7 Å². The number of fused-ring (bicyclic) bond motifs is 4. The number of phenolic OH excluding ortho intramolecular Hbond substituents is 1. The van der Waals surface area contributed by atoms with Gasteiger partial charge in [-0.2, -0.15) is 9.97 Å². The molecule has 4 aliphatic rings. The molecule has 3 saturated heterocycles. The predicted molar refractivity (Wildman–Crippen MR) is 169 cm³/mol. The number of phenols is 1. The van der Waals surface area contributed by atoms with E-state index in [0.29, 0.717) is 63.9 Å². The third kappa shape index (κ3) is 5.35. The van der Waals surface area contributed by atoms with Crippen LogP contribution in [0.25, 0.3) is 21.9 Å². The fraction of sp³-hybridized carbons (Fsp3) is 0.500. The Kier molecular flexibility index (Phi) is 7.04. The van der Waals surface area contributed by atoms with Crippen molar-refractivity contribution in [2.45, 2.75) is 50.7 Å². The maximum atomic E-state index is 14.8. The Balaban J connectivity index is 1.14. The van der Waals surface area contributed by atoms with Gasteiger partial charge in [-0.1, -0.05) is 12.0 Å². The first kappa shape index (κ1) is 28.5. The normalized spacial score (nSPS) is 24.0. The standard InChI is InChI=1S/C34H38FN7O3/c1-2-27-28(35)6-3-22-11-26(44)12-23(29(22)27)14-42-20-36-30-31(42)38-33(41-15-24-4-5-25(16-41)37-24)39-32(30)45-19-34(8-9-34)18-40-10-7-21(13-40)17-43/h1,3,6,11-12,20-21,24-25,37,43-44H,4-5,7-10,13-19H2/t21?,24-,25+.